The Bertz CT molecular complexity index is 687. The molecular weight excluding hydrogens is 328 g/mol. The highest BCUT2D eigenvalue weighted by atomic mass is 35.5. The number of fused-ring (bicyclic) bond motifs is 3. The highest BCUT2D eigenvalue weighted by molar-refractivity contribution is 5.85. The molecule has 0 bridgehead atoms. The first-order valence-corrected chi connectivity index (χ1v) is 9.56. The Balaban J connectivity index is 0.00000157. The largest absolute Gasteiger partial charge is 0.314 e. The van der Waals surface area contributed by atoms with Crippen LogP contribution in [0.15, 0.2) is 48.5 Å². The summed E-state index contributed by atoms with van der Waals surface area (Å²) in [4.78, 5) is 2.71. The van der Waals surface area contributed by atoms with E-state index in [2.05, 4.69) is 58.7 Å². The van der Waals surface area contributed by atoms with E-state index < -0.39 is 0 Å². The average Bonchev–Trinajstić information content (AvgIpc) is 3.41. The van der Waals surface area contributed by atoms with Gasteiger partial charge in [0.25, 0.3) is 0 Å². The van der Waals surface area contributed by atoms with E-state index in [1.807, 2.05) is 0 Å². The van der Waals surface area contributed by atoms with Crippen molar-refractivity contribution in [2.75, 3.05) is 19.6 Å². The Morgan fingerprint density at radius 2 is 1.36 bits per heavy atom. The zero-order valence-electron chi connectivity index (χ0n) is 14.7. The molecule has 25 heavy (non-hydrogen) atoms. The molecule has 1 heterocycles. The van der Waals surface area contributed by atoms with E-state index in [1.54, 1.807) is 0 Å². The monoisotopic (exact) mass is 354 g/mol. The molecule has 3 aliphatic rings. The molecule has 2 aliphatic carbocycles. The second-order valence-electron chi connectivity index (χ2n) is 7.74. The van der Waals surface area contributed by atoms with Gasteiger partial charge in [0.1, 0.15) is 0 Å². The molecule has 0 radical (unpaired) electrons. The molecule has 1 saturated heterocycles. The van der Waals surface area contributed by atoms with Gasteiger partial charge in [-0.3, -0.25) is 4.90 Å². The lowest BCUT2D eigenvalue weighted by Gasteiger charge is -2.37. The van der Waals surface area contributed by atoms with Crippen molar-refractivity contribution in [3.05, 3.63) is 59.7 Å². The summed E-state index contributed by atoms with van der Waals surface area (Å²) in [6.07, 6.45) is 5.46. The van der Waals surface area contributed by atoms with Crippen LogP contribution in [0.4, 0.5) is 0 Å². The smallest absolute Gasteiger partial charge is 0.0614 e. The van der Waals surface area contributed by atoms with Gasteiger partial charge in [0.2, 0.25) is 0 Å². The maximum atomic E-state index is 3.81. The topological polar surface area (TPSA) is 15.3 Å². The van der Waals surface area contributed by atoms with E-state index in [0.717, 1.165) is 12.0 Å². The fourth-order valence-corrected chi connectivity index (χ4v) is 4.54. The molecule has 3 heteroatoms. The molecule has 2 fully saturated rings. The first kappa shape index (κ1) is 17.1. The first-order valence-electron chi connectivity index (χ1n) is 9.56. The van der Waals surface area contributed by atoms with E-state index in [9.17, 15) is 0 Å². The van der Waals surface area contributed by atoms with Crippen LogP contribution in [0.2, 0.25) is 0 Å². The van der Waals surface area contributed by atoms with Crippen molar-refractivity contribution in [2.24, 2.45) is 5.92 Å². The normalized spacial score (nSPS) is 20.8. The van der Waals surface area contributed by atoms with Crippen molar-refractivity contribution >= 4 is 12.4 Å². The van der Waals surface area contributed by atoms with E-state index in [-0.39, 0.29) is 12.4 Å². The maximum Gasteiger partial charge on any atom is 0.0614 e. The summed E-state index contributed by atoms with van der Waals surface area (Å²) >= 11 is 0. The van der Waals surface area contributed by atoms with E-state index in [4.69, 9.17) is 0 Å². The van der Waals surface area contributed by atoms with Gasteiger partial charge in [0.05, 0.1) is 6.04 Å². The molecular formula is C22H27ClN2. The molecule has 0 aromatic heterocycles. The Hall–Kier alpha value is -1.35. The van der Waals surface area contributed by atoms with Gasteiger partial charge < -0.3 is 5.32 Å². The molecule has 132 valence electrons. The molecule has 5 rings (SSSR count). The van der Waals surface area contributed by atoms with Gasteiger partial charge in [-0.15, -0.1) is 12.4 Å². The summed E-state index contributed by atoms with van der Waals surface area (Å²) in [5.74, 6) is 0.983. The number of halogens is 1. The number of rotatable bonds is 4. The third-order valence-corrected chi connectivity index (χ3v) is 6.09. The van der Waals surface area contributed by atoms with Crippen LogP contribution in [0.25, 0.3) is 11.1 Å². The van der Waals surface area contributed by atoms with E-state index >= 15 is 0 Å². The molecule has 1 saturated carbocycles. The van der Waals surface area contributed by atoms with E-state index in [1.165, 1.54) is 67.6 Å². The third-order valence-electron chi connectivity index (χ3n) is 6.09. The second kappa shape index (κ2) is 7.11. The zero-order chi connectivity index (χ0) is 15.9. The summed E-state index contributed by atoms with van der Waals surface area (Å²) in [5, 5.41) is 3.81. The lowest BCUT2D eigenvalue weighted by Crippen LogP contribution is -2.44. The van der Waals surface area contributed by atoms with Crippen molar-refractivity contribution in [2.45, 2.75) is 37.8 Å². The van der Waals surface area contributed by atoms with Gasteiger partial charge in [0.15, 0.2) is 0 Å². The molecule has 2 aromatic carbocycles. The number of hydrogen-bond acceptors (Lipinski definition) is 2. The summed E-state index contributed by atoms with van der Waals surface area (Å²) in [6.45, 7) is 3.66. The van der Waals surface area contributed by atoms with Gasteiger partial charge in [-0.05, 0) is 60.4 Å². The van der Waals surface area contributed by atoms with Crippen molar-refractivity contribution in [1.29, 1.82) is 0 Å². The summed E-state index contributed by atoms with van der Waals surface area (Å²) in [5.41, 5.74) is 5.88. The van der Waals surface area contributed by atoms with Crippen LogP contribution in [0.5, 0.6) is 0 Å². The lowest BCUT2D eigenvalue weighted by atomic mass is 9.98. The van der Waals surface area contributed by atoms with Crippen LogP contribution in [-0.2, 0) is 0 Å². The second-order valence-corrected chi connectivity index (χ2v) is 7.74. The van der Waals surface area contributed by atoms with E-state index in [0.29, 0.717) is 6.04 Å². The van der Waals surface area contributed by atoms with Crippen LogP contribution in [0, 0.1) is 5.92 Å². The van der Waals surface area contributed by atoms with Crippen molar-refractivity contribution < 1.29 is 0 Å². The summed E-state index contributed by atoms with van der Waals surface area (Å²) < 4.78 is 0. The third kappa shape index (κ3) is 3.23. The Labute approximate surface area is 157 Å². The molecule has 1 aliphatic heterocycles. The van der Waals surface area contributed by atoms with Crippen LogP contribution in [0.1, 0.15) is 42.9 Å². The predicted octanol–water partition coefficient (Wildman–Crippen LogP) is 4.64. The minimum Gasteiger partial charge on any atom is -0.314 e. The molecule has 2 nitrogen and oxygen atoms in total. The number of nitrogens with zero attached hydrogens (tertiary/aromatic N) is 1. The van der Waals surface area contributed by atoms with Gasteiger partial charge in [0, 0.05) is 19.1 Å². The number of piperidine rings is 1. The quantitative estimate of drug-likeness (QED) is 0.860. The zero-order valence-corrected chi connectivity index (χ0v) is 15.5. The SMILES string of the molecule is Cl.c1ccc2c(c1)-c1ccccc1C2N1CCC(NCC2CC2)CC1. The molecule has 0 unspecified atom stereocenters. The summed E-state index contributed by atoms with van der Waals surface area (Å²) in [7, 11) is 0. The predicted molar refractivity (Wildman–Crippen MR) is 106 cm³/mol. The van der Waals surface area contributed by atoms with Crippen molar-refractivity contribution in [1.82, 2.24) is 10.2 Å². The molecule has 0 spiro atoms. The number of benzene rings is 2. The van der Waals surface area contributed by atoms with Gasteiger partial charge in [-0.1, -0.05) is 48.5 Å². The lowest BCUT2D eigenvalue weighted by molar-refractivity contribution is 0.165. The van der Waals surface area contributed by atoms with Crippen LogP contribution < -0.4 is 5.32 Å². The highest BCUT2D eigenvalue weighted by Crippen LogP contribution is 2.46. The Kier molecular flexibility index (Phi) is 4.86. The summed E-state index contributed by atoms with van der Waals surface area (Å²) in [6, 6.07) is 19.2. The van der Waals surface area contributed by atoms with Gasteiger partial charge >= 0.3 is 0 Å². The van der Waals surface area contributed by atoms with Crippen molar-refractivity contribution in [3.63, 3.8) is 0 Å². The van der Waals surface area contributed by atoms with Gasteiger partial charge in [-0.2, -0.15) is 0 Å². The number of likely N-dealkylation sites (tertiary alicyclic amines) is 1. The number of hydrogen-bond donors (Lipinski definition) is 1. The maximum absolute atomic E-state index is 3.81. The molecule has 1 N–H and O–H groups in total. The molecule has 0 atom stereocenters. The van der Waals surface area contributed by atoms with Crippen LogP contribution in [0.3, 0.4) is 0 Å². The minimum atomic E-state index is 0. The fraction of sp³-hybridized carbons (Fsp3) is 0.455. The average molecular weight is 355 g/mol. The van der Waals surface area contributed by atoms with Gasteiger partial charge in [-0.25, -0.2) is 0 Å². The van der Waals surface area contributed by atoms with Crippen LogP contribution >= 0.6 is 12.4 Å². The standard InChI is InChI=1S/C22H26N2.ClH/c1-3-7-20-18(5-1)19-6-2-4-8-21(19)22(20)24-13-11-17(12-14-24)23-15-16-9-10-16;/h1-8,16-17,22-23H,9-15H2;1H. The minimum absolute atomic E-state index is 0. The Morgan fingerprint density at radius 1 is 0.800 bits per heavy atom. The number of nitrogens with one attached hydrogen (secondary N) is 1. The molecule has 2 aromatic rings. The Morgan fingerprint density at radius 3 is 1.92 bits per heavy atom. The highest BCUT2D eigenvalue weighted by Gasteiger charge is 2.34. The molecule has 0 amide bonds. The first-order chi connectivity index (χ1) is 11.9. The fourth-order valence-electron chi connectivity index (χ4n) is 4.54. The van der Waals surface area contributed by atoms with Crippen LogP contribution in [-0.4, -0.2) is 30.6 Å². The van der Waals surface area contributed by atoms with Crippen molar-refractivity contribution in [3.8, 4) is 11.1 Å².